The van der Waals surface area contributed by atoms with Gasteiger partial charge in [0.25, 0.3) is 0 Å². The summed E-state index contributed by atoms with van der Waals surface area (Å²) in [5.41, 5.74) is 1.33. The molecule has 0 amide bonds. The van der Waals surface area contributed by atoms with Gasteiger partial charge in [-0.25, -0.2) is 0 Å². The van der Waals surface area contributed by atoms with Gasteiger partial charge < -0.3 is 9.73 Å². The van der Waals surface area contributed by atoms with E-state index in [1.807, 2.05) is 18.2 Å². The molecule has 0 spiro atoms. The van der Waals surface area contributed by atoms with Gasteiger partial charge in [-0.2, -0.15) is 0 Å². The molecule has 2 atom stereocenters. The summed E-state index contributed by atoms with van der Waals surface area (Å²) in [4.78, 5) is 0. The monoisotopic (exact) mass is 334 g/mol. The summed E-state index contributed by atoms with van der Waals surface area (Å²) < 4.78 is 5.65. The number of quaternary nitrogens is 1. The van der Waals surface area contributed by atoms with E-state index in [9.17, 15) is 0 Å². The van der Waals surface area contributed by atoms with Gasteiger partial charge in [-0.1, -0.05) is 44.0 Å². The van der Waals surface area contributed by atoms with Crippen LogP contribution >= 0.6 is 11.6 Å². The van der Waals surface area contributed by atoms with Crippen molar-refractivity contribution in [3.63, 3.8) is 0 Å². The lowest BCUT2D eigenvalue weighted by molar-refractivity contribution is -0.693. The molecule has 0 bridgehead atoms. The van der Waals surface area contributed by atoms with Crippen molar-refractivity contribution in [3.8, 4) is 0 Å². The highest BCUT2D eigenvalue weighted by atomic mass is 35.5. The van der Waals surface area contributed by atoms with Crippen LogP contribution in [-0.2, 0) is 0 Å². The zero-order valence-corrected chi connectivity index (χ0v) is 15.2. The Morgan fingerprint density at radius 3 is 2.35 bits per heavy atom. The molecule has 2 N–H and O–H groups in total. The van der Waals surface area contributed by atoms with E-state index in [0.717, 1.165) is 29.7 Å². The van der Waals surface area contributed by atoms with Gasteiger partial charge in [0, 0.05) is 22.9 Å². The van der Waals surface area contributed by atoms with Crippen LogP contribution in [0.3, 0.4) is 0 Å². The maximum Gasteiger partial charge on any atom is 0.109 e. The molecule has 1 heterocycles. The Kier molecular flexibility index (Phi) is 7.19. The Balaban J connectivity index is 1.84. The lowest BCUT2D eigenvalue weighted by Gasteiger charge is -2.17. The molecule has 0 aliphatic rings. The molecular formula is C20H29ClNO+. The SMILES string of the molecule is CC(C)CC[C@H](CC[NH2+][C@@H](C)c1ccc(Cl)cc1)c1ccco1. The summed E-state index contributed by atoms with van der Waals surface area (Å²) in [7, 11) is 0. The highest BCUT2D eigenvalue weighted by molar-refractivity contribution is 6.30. The fourth-order valence-corrected chi connectivity index (χ4v) is 3.06. The predicted molar refractivity (Wildman–Crippen MR) is 96.8 cm³/mol. The van der Waals surface area contributed by atoms with Gasteiger partial charge in [0.05, 0.1) is 12.8 Å². The molecule has 0 aliphatic heterocycles. The predicted octanol–water partition coefficient (Wildman–Crippen LogP) is 5.17. The third-order valence-corrected chi connectivity index (χ3v) is 4.72. The quantitative estimate of drug-likeness (QED) is 0.673. The smallest absolute Gasteiger partial charge is 0.109 e. The third kappa shape index (κ3) is 6.04. The standard InChI is InChI=1S/C20H28ClNO/c1-15(2)6-7-18(20-5-4-14-23-20)12-13-22-16(3)17-8-10-19(21)11-9-17/h4-5,8-11,14-16,18,22H,6-7,12-13H2,1-3H3/p+1/t16-,18+/m0/s1. The molecule has 0 aliphatic carbocycles. The van der Waals surface area contributed by atoms with E-state index in [4.69, 9.17) is 16.0 Å². The van der Waals surface area contributed by atoms with Crippen LogP contribution in [0.15, 0.2) is 47.1 Å². The minimum atomic E-state index is 0.453. The lowest BCUT2D eigenvalue weighted by atomic mass is 9.93. The largest absolute Gasteiger partial charge is 0.469 e. The van der Waals surface area contributed by atoms with E-state index in [1.54, 1.807) is 6.26 Å². The van der Waals surface area contributed by atoms with E-state index < -0.39 is 0 Å². The normalized spacial score (nSPS) is 14.1. The van der Waals surface area contributed by atoms with Crippen molar-refractivity contribution in [2.75, 3.05) is 6.54 Å². The minimum Gasteiger partial charge on any atom is -0.469 e. The zero-order chi connectivity index (χ0) is 16.7. The van der Waals surface area contributed by atoms with E-state index in [2.05, 4.69) is 44.3 Å². The number of halogens is 1. The van der Waals surface area contributed by atoms with E-state index in [0.29, 0.717) is 12.0 Å². The van der Waals surface area contributed by atoms with Crippen LogP contribution < -0.4 is 5.32 Å². The van der Waals surface area contributed by atoms with Crippen LogP contribution in [0.1, 0.15) is 63.3 Å². The number of hydrogen-bond donors (Lipinski definition) is 1. The van der Waals surface area contributed by atoms with Gasteiger partial charge in [0.2, 0.25) is 0 Å². The maximum absolute atomic E-state index is 5.96. The van der Waals surface area contributed by atoms with Crippen LogP contribution in [0.4, 0.5) is 0 Å². The van der Waals surface area contributed by atoms with Crippen LogP contribution in [0.25, 0.3) is 0 Å². The van der Waals surface area contributed by atoms with Gasteiger partial charge in [0.15, 0.2) is 0 Å². The highest BCUT2D eigenvalue weighted by Gasteiger charge is 2.17. The van der Waals surface area contributed by atoms with Crippen molar-refractivity contribution >= 4 is 11.6 Å². The molecule has 126 valence electrons. The fraction of sp³-hybridized carbons (Fsp3) is 0.500. The number of benzene rings is 1. The molecule has 3 heteroatoms. The van der Waals surface area contributed by atoms with Crippen molar-refractivity contribution < 1.29 is 9.73 Å². The van der Waals surface area contributed by atoms with Gasteiger partial charge in [-0.05, 0) is 43.5 Å². The fourth-order valence-electron chi connectivity index (χ4n) is 2.94. The highest BCUT2D eigenvalue weighted by Crippen LogP contribution is 2.26. The molecule has 0 radical (unpaired) electrons. The lowest BCUT2D eigenvalue weighted by Crippen LogP contribution is -2.84. The molecular weight excluding hydrogens is 306 g/mol. The van der Waals surface area contributed by atoms with Gasteiger partial charge in [0.1, 0.15) is 11.8 Å². The Bertz CT molecular complexity index is 548. The molecule has 0 saturated carbocycles. The first-order valence-corrected chi connectivity index (χ1v) is 9.06. The first-order valence-electron chi connectivity index (χ1n) is 8.68. The summed E-state index contributed by atoms with van der Waals surface area (Å²) in [6.07, 6.45) is 5.39. The molecule has 0 fully saturated rings. The minimum absolute atomic E-state index is 0.453. The molecule has 23 heavy (non-hydrogen) atoms. The van der Waals surface area contributed by atoms with Crippen molar-refractivity contribution in [1.82, 2.24) is 0 Å². The second-order valence-corrected chi connectivity index (χ2v) is 7.27. The maximum atomic E-state index is 5.96. The summed E-state index contributed by atoms with van der Waals surface area (Å²) in [5, 5.41) is 3.21. The average Bonchev–Trinajstić information content (AvgIpc) is 3.05. The summed E-state index contributed by atoms with van der Waals surface area (Å²) in [5.74, 6) is 2.41. The summed E-state index contributed by atoms with van der Waals surface area (Å²) >= 11 is 5.96. The Morgan fingerprint density at radius 2 is 1.74 bits per heavy atom. The molecule has 0 unspecified atom stereocenters. The third-order valence-electron chi connectivity index (χ3n) is 4.47. The molecule has 1 aromatic heterocycles. The summed E-state index contributed by atoms with van der Waals surface area (Å²) in [6, 6.07) is 12.7. The Hall–Kier alpha value is -1.25. The van der Waals surface area contributed by atoms with Crippen LogP contribution in [0.2, 0.25) is 5.02 Å². The van der Waals surface area contributed by atoms with Crippen LogP contribution in [0, 0.1) is 5.92 Å². The van der Waals surface area contributed by atoms with E-state index in [1.165, 1.54) is 18.4 Å². The summed E-state index contributed by atoms with van der Waals surface area (Å²) in [6.45, 7) is 7.92. The number of nitrogens with two attached hydrogens (primary N) is 1. The second kappa shape index (κ2) is 9.14. The van der Waals surface area contributed by atoms with Gasteiger partial charge in [-0.15, -0.1) is 0 Å². The number of hydrogen-bond acceptors (Lipinski definition) is 1. The first-order chi connectivity index (χ1) is 11.1. The topological polar surface area (TPSA) is 29.8 Å². The van der Waals surface area contributed by atoms with Gasteiger partial charge in [-0.3, -0.25) is 0 Å². The van der Waals surface area contributed by atoms with E-state index >= 15 is 0 Å². The molecule has 2 nitrogen and oxygen atoms in total. The van der Waals surface area contributed by atoms with Gasteiger partial charge >= 0.3 is 0 Å². The Morgan fingerprint density at radius 1 is 1.00 bits per heavy atom. The zero-order valence-electron chi connectivity index (χ0n) is 14.5. The van der Waals surface area contributed by atoms with Crippen molar-refractivity contribution in [1.29, 1.82) is 0 Å². The number of furan rings is 1. The van der Waals surface area contributed by atoms with Crippen LogP contribution in [0.5, 0.6) is 0 Å². The van der Waals surface area contributed by atoms with E-state index in [-0.39, 0.29) is 0 Å². The first kappa shape index (κ1) is 18.1. The Labute approximate surface area is 145 Å². The average molecular weight is 335 g/mol. The molecule has 0 saturated heterocycles. The van der Waals surface area contributed by atoms with Crippen molar-refractivity contribution in [2.45, 2.75) is 52.0 Å². The van der Waals surface area contributed by atoms with Crippen LogP contribution in [-0.4, -0.2) is 6.54 Å². The molecule has 2 aromatic rings. The number of rotatable bonds is 9. The second-order valence-electron chi connectivity index (χ2n) is 6.84. The van der Waals surface area contributed by atoms with Crippen molar-refractivity contribution in [3.05, 3.63) is 59.0 Å². The van der Waals surface area contributed by atoms with Crippen molar-refractivity contribution in [2.24, 2.45) is 5.92 Å². The molecule has 2 rings (SSSR count). The molecule has 1 aromatic carbocycles.